The first-order chi connectivity index (χ1) is 15.8. The second kappa shape index (κ2) is 7.98. The van der Waals surface area contributed by atoms with Gasteiger partial charge in [-0.15, -0.1) is 5.10 Å². The van der Waals surface area contributed by atoms with Gasteiger partial charge in [-0.05, 0) is 37.5 Å². The third-order valence-corrected chi connectivity index (χ3v) is 5.82. The molecule has 5 rings (SSSR count). The van der Waals surface area contributed by atoms with E-state index in [2.05, 4.69) is 20.5 Å². The molecule has 1 atom stereocenters. The molecule has 1 unspecified atom stereocenters. The van der Waals surface area contributed by atoms with Gasteiger partial charge in [0.1, 0.15) is 0 Å². The summed E-state index contributed by atoms with van der Waals surface area (Å²) in [5.41, 5.74) is 0.581. The van der Waals surface area contributed by atoms with Crippen molar-refractivity contribution >= 4 is 17.0 Å². The lowest BCUT2D eigenvalue weighted by Gasteiger charge is -2.18. The Bertz CT molecular complexity index is 1320. The van der Waals surface area contributed by atoms with E-state index in [0.29, 0.717) is 36.3 Å². The molecule has 1 fully saturated rings. The lowest BCUT2D eigenvalue weighted by atomic mass is 10.0. The van der Waals surface area contributed by atoms with E-state index in [9.17, 15) is 18.0 Å². The highest BCUT2D eigenvalue weighted by atomic mass is 19.4. The van der Waals surface area contributed by atoms with Crippen molar-refractivity contribution in [3.63, 3.8) is 0 Å². The maximum absolute atomic E-state index is 13.5. The Hall–Kier alpha value is -3.76. The van der Waals surface area contributed by atoms with E-state index >= 15 is 0 Å². The van der Waals surface area contributed by atoms with Gasteiger partial charge in [0.05, 0.1) is 34.1 Å². The van der Waals surface area contributed by atoms with Crippen LogP contribution in [0.25, 0.3) is 22.4 Å². The van der Waals surface area contributed by atoms with Gasteiger partial charge in [0.15, 0.2) is 0 Å². The lowest BCUT2D eigenvalue weighted by molar-refractivity contribution is -0.137. The van der Waals surface area contributed by atoms with Crippen LogP contribution in [0.2, 0.25) is 0 Å². The molecule has 0 N–H and O–H groups in total. The highest BCUT2D eigenvalue weighted by Crippen LogP contribution is 2.34. The summed E-state index contributed by atoms with van der Waals surface area (Å²) in [5, 5.41) is 12.2. The maximum atomic E-state index is 13.5. The predicted molar refractivity (Wildman–Crippen MR) is 111 cm³/mol. The summed E-state index contributed by atoms with van der Waals surface area (Å²) < 4.78 is 46.6. The summed E-state index contributed by atoms with van der Waals surface area (Å²) in [6.07, 6.45) is -0.298. The van der Waals surface area contributed by atoms with Crippen molar-refractivity contribution in [2.24, 2.45) is 5.92 Å². The molecule has 1 aliphatic heterocycles. The molecule has 0 aliphatic carbocycles. The number of aryl methyl sites for hydroxylation is 1. The Morgan fingerprint density at radius 2 is 2.12 bits per heavy atom. The average Bonchev–Trinajstić information content (AvgIpc) is 3.55. The van der Waals surface area contributed by atoms with Crippen molar-refractivity contribution in [2.75, 3.05) is 13.1 Å². The van der Waals surface area contributed by atoms with Gasteiger partial charge in [-0.2, -0.15) is 13.2 Å². The number of carbonyl (C=O) groups excluding carboxylic acids is 1. The highest BCUT2D eigenvalue weighted by Gasteiger charge is 2.32. The molecule has 0 spiro atoms. The number of nitrogens with zero attached hydrogens (tertiary/aromatic N) is 6. The van der Waals surface area contributed by atoms with Crippen molar-refractivity contribution in [3.8, 4) is 11.3 Å². The molecule has 4 aromatic rings. The molecule has 4 heterocycles. The minimum Gasteiger partial charge on any atom is -0.338 e. The zero-order chi connectivity index (χ0) is 23.2. The third-order valence-electron chi connectivity index (χ3n) is 5.82. The molecule has 11 heteroatoms. The third kappa shape index (κ3) is 4.06. The van der Waals surface area contributed by atoms with Crippen molar-refractivity contribution < 1.29 is 22.5 Å². The topological polar surface area (TPSA) is 89.9 Å². The number of alkyl halides is 3. The Morgan fingerprint density at radius 3 is 2.88 bits per heavy atom. The van der Waals surface area contributed by atoms with E-state index in [1.165, 1.54) is 18.2 Å². The number of rotatable bonds is 4. The molecule has 33 heavy (non-hydrogen) atoms. The molecule has 0 bridgehead atoms. The van der Waals surface area contributed by atoms with Crippen molar-refractivity contribution in [1.82, 2.24) is 30.0 Å². The summed E-state index contributed by atoms with van der Waals surface area (Å²) in [6.45, 7) is 3.44. The molecular weight excluding hydrogens is 437 g/mol. The van der Waals surface area contributed by atoms with E-state index in [0.717, 1.165) is 18.6 Å². The molecule has 170 valence electrons. The zero-order valence-electron chi connectivity index (χ0n) is 17.6. The second-order valence-corrected chi connectivity index (χ2v) is 8.11. The van der Waals surface area contributed by atoms with E-state index in [1.807, 2.05) is 0 Å². The van der Waals surface area contributed by atoms with Gasteiger partial charge >= 0.3 is 6.18 Å². The van der Waals surface area contributed by atoms with Gasteiger partial charge in [-0.1, -0.05) is 22.5 Å². The van der Waals surface area contributed by atoms with Crippen LogP contribution >= 0.6 is 0 Å². The fourth-order valence-electron chi connectivity index (χ4n) is 4.20. The fraction of sp³-hybridized carbons (Fsp3) is 0.318. The number of amides is 1. The van der Waals surface area contributed by atoms with Crippen LogP contribution in [0.4, 0.5) is 13.2 Å². The largest absolute Gasteiger partial charge is 0.416 e. The van der Waals surface area contributed by atoms with Gasteiger partial charge in [-0.25, -0.2) is 4.98 Å². The Morgan fingerprint density at radius 1 is 1.27 bits per heavy atom. The number of hydrogen-bond acceptors (Lipinski definition) is 6. The summed E-state index contributed by atoms with van der Waals surface area (Å²) in [6, 6.07) is 6.36. The van der Waals surface area contributed by atoms with Gasteiger partial charge in [0.2, 0.25) is 0 Å². The summed E-state index contributed by atoms with van der Waals surface area (Å²) in [7, 11) is 0. The van der Waals surface area contributed by atoms with E-state index in [-0.39, 0.29) is 28.8 Å². The summed E-state index contributed by atoms with van der Waals surface area (Å²) in [4.78, 5) is 19.6. The fourth-order valence-corrected chi connectivity index (χ4v) is 4.20. The lowest BCUT2D eigenvalue weighted by Crippen LogP contribution is -2.29. The van der Waals surface area contributed by atoms with Gasteiger partial charge < -0.3 is 9.42 Å². The van der Waals surface area contributed by atoms with Crippen LogP contribution in [0.1, 0.15) is 28.0 Å². The minimum absolute atomic E-state index is 0.115. The van der Waals surface area contributed by atoms with Gasteiger partial charge in [0, 0.05) is 31.4 Å². The number of hydrogen-bond donors (Lipinski definition) is 0. The van der Waals surface area contributed by atoms with Crippen LogP contribution in [0.3, 0.4) is 0 Å². The first-order valence-corrected chi connectivity index (χ1v) is 10.4. The maximum Gasteiger partial charge on any atom is 0.416 e. The number of pyridine rings is 1. The monoisotopic (exact) mass is 456 g/mol. The van der Waals surface area contributed by atoms with E-state index in [1.54, 1.807) is 28.9 Å². The number of aromatic nitrogens is 5. The van der Waals surface area contributed by atoms with Crippen LogP contribution in [0, 0.1) is 12.8 Å². The average molecular weight is 456 g/mol. The molecule has 1 amide bonds. The van der Waals surface area contributed by atoms with Crippen LogP contribution in [-0.2, 0) is 12.7 Å². The van der Waals surface area contributed by atoms with Crippen LogP contribution < -0.4 is 0 Å². The predicted octanol–water partition coefficient (Wildman–Crippen LogP) is 3.97. The van der Waals surface area contributed by atoms with Gasteiger partial charge in [-0.3, -0.25) is 9.48 Å². The molecule has 1 aliphatic rings. The Balaban J connectivity index is 1.49. The van der Waals surface area contributed by atoms with Crippen LogP contribution in [-0.4, -0.2) is 49.0 Å². The van der Waals surface area contributed by atoms with Crippen molar-refractivity contribution in [1.29, 1.82) is 0 Å². The molecule has 1 aromatic carbocycles. The van der Waals surface area contributed by atoms with Crippen LogP contribution in [0.15, 0.2) is 47.2 Å². The molecule has 8 nitrogen and oxygen atoms in total. The first-order valence-electron chi connectivity index (χ1n) is 10.4. The molecule has 3 aromatic heterocycles. The number of carbonyl (C=O) groups is 1. The summed E-state index contributed by atoms with van der Waals surface area (Å²) in [5.74, 6) is -0.0116. The summed E-state index contributed by atoms with van der Waals surface area (Å²) >= 11 is 0. The van der Waals surface area contributed by atoms with E-state index < -0.39 is 11.7 Å². The first kappa shape index (κ1) is 21.1. The molecular formula is C22H19F3N6O2. The SMILES string of the molecule is Cc1noc2nc(-c3cccc(C(F)(F)F)c3)cc(C(=O)N3CCC(Cn4ccnn4)C3)c12. The highest BCUT2D eigenvalue weighted by molar-refractivity contribution is 6.07. The normalized spacial score (nSPS) is 16.6. The standard InChI is InChI=1S/C22H19F3N6O2/c1-13-19-17(21(32)30-7-5-14(11-30)12-31-8-6-26-29-31)10-18(27-20(19)33-28-13)15-3-2-4-16(9-15)22(23,24)25/h2-4,6,8-10,14H,5,7,11-12H2,1H3. The molecule has 1 saturated heterocycles. The van der Waals surface area contributed by atoms with E-state index in [4.69, 9.17) is 4.52 Å². The quantitative estimate of drug-likeness (QED) is 0.462. The molecule has 0 saturated carbocycles. The number of halogens is 3. The number of fused-ring (bicyclic) bond motifs is 1. The minimum atomic E-state index is -4.49. The second-order valence-electron chi connectivity index (χ2n) is 8.11. The smallest absolute Gasteiger partial charge is 0.338 e. The Labute approximate surface area is 186 Å². The van der Waals surface area contributed by atoms with Crippen LogP contribution in [0.5, 0.6) is 0 Å². The zero-order valence-corrected chi connectivity index (χ0v) is 17.6. The number of benzene rings is 1. The van der Waals surface area contributed by atoms with Crippen molar-refractivity contribution in [3.05, 3.63) is 59.5 Å². The molecule has 0 radical (unpaired) electrons. The number of likely N-dealkylation sites (tertiary alicyclic amines) is 1. The van der Waals surface area contributed by atoms with Gasteiger partial charge in [0.25, 0.3) is 11.6 Å². The Kier molecular flexibility index (Phi) is 5.10. The van der Waals surface area contributed by atoms with Crippen molar-refractivity contribution in [2.45, 2.75) is 26.1 Å².